The summed E-state index contributed by atoms with van der Waals surface area (Å²) in [5.41, 5.74) is 6.97. The lowest BCUT2D eigenvalue weighted by Gasteiger charge is -2.38. The first-order chi connectivity index (χ1) is 8.60. The van der Waals surface area contributed by atoms with Crippen molar-refractivity contribution < 1.29 is 0 Å². The highest BCUT2D eigenvalue weighted by Crippen LogP contribution is 2.27. The highest BCUT2D eigenvalue weighted by molar-refractivity contribution is 6.33. The van der Waals surface area contributed by atoms with E-state index in [2.05, 4.69) is 11.8 Å². The molecule has 1 aliphatic rings. The summed E-state index contributed by atoms with van der Waals surface area (Å²) in [7, 11) is 0. The van der Waals surface area contributed by atoms with Gasteiger partial charge in [0.25, 0.3) is 0 Å². The molecule has 2 atom stereocenters. The lowest BCUT2D eigenvalue weighted by Crippen LogP contribution is -2.45. The number of nitrogens with two attached hydrogens (primary N) is 1. The van der Waals surface area contributed by atoms with Crippen LogP contribution in [0.3, 0.4) is 0 Å². The van der Waals surface area contributed by atoms with Crippen LogP contribution in [0.2, 0.25) is 10.0 Å². The summed E-state index contributed by atoms with van der Waals surface area (Å²) in [6, 6.07) is 6.11. The summed E-state index contributed by atoms with van der Waals surface area (Å²) in [5, 5.41) is 1.53. The second-order valence-corrected chi connectivity index (χ2v) is 6.07. The number of hydrogen-bond acceptors (Lipinski definition) is 2. The lowest BCUT2D eigenvalue weighted by atomic mass is 9.92. The van der Waals surface area contributed by atoms with Crippen LogP contribution in [-0.2, 0) is 6.54 Å². The fraction of sp³-hybridized carbons (Fsp3) is 0.571. The predicted molar refractivity (Wildman–Crippen MR) is 78.1 cm³/mol. The van der Waals surface area contributed by atoms with Crippen LogP contribution in [0.5, 0.6) is 0 Å². The standard InChI is InChI=1S/C14H20Cl2N2/c1-10-4-5-18(13(6-10)8-17)9-11-7-12(15)2-3-14(11)16/h2-3,7,10,13H,4-6,8-9,17H2,1H3. The van der Waals surface area contributed by atoms with E-state index in [1.165, 1.54) is 12.8 Å². The van der Waals surface area contributed by atoms with Gasteiger partial charge in [-0.1, -0.05) is 30.1 Å². The SMILES string of the molecule is CC1CCN(Cc2cc(Cl)ccc2Cl)C(CN)C1. The van der Waals surface area contributed by atoms with Crippen molar-refractivity contribution in [3.63, 3.8) is 0 Å². The molecule has 2 rings (SSSR count). The Labute approximate surface area is 119 Å². The third kappa shape index (κ3) is 3.39. The van der Waals surface area contributed by atoms with Crippen molar-refractivity contribution in [3.8, 4) is 0 Å². The van der Waals surface area contributed by atoms with E-state index < -0.39 is 0 Å². The molecule has 2 unspecified atom stereocenters. The quantitative estimate of drug-likeness (QED) is 0.921. The van der Waals surface area contributed by atoms with Gasteiger partial charge in [-0.2, -0.15) is 0 Å². The van der Waals surface area contributed by atoms with Gasteiger partial charge < -0.3 is 5.73 Å². The molecule has 0 bridgehead atoms. The van der Waals surface area contributed by atoms with Crippen LogP contribution in [0, 0.1) is 5.92 Å². The molecule has 1 aromatic rings. The highest BCUT2D eigenvalue weighted by atomic mass is 35.5. The van der Waals surface area contributed by atoms with Gasteiger partial charge in [0.1, 0.15) is 0 Å². The van der Waals surface area contributed by atoms with Crippen molar-refractivity contribution in [1.29, 1.82) is 0 Å². The number of benzene rings is 1. The van der Waals surface area contributed by atoms with Gasteiger partial charge in [-0.05, 0) is 49.1 Å². The number of rotatable bonds is 3. The van der Waals surface area contributed by atoms with Crippen LogP contribution in [0.1, 0.15) is 25.3 Å². The lowest BCUT2D eigenvalue weighted by molar-refractivity contribution is 0.115. The van der Waals surface area contributed by atoms with Crippen molar-refractivity contribution in [3.05, 3.63) is 33.8 Å². The zero-order valence-corrected chi connectivity index (χ0v) is 12.2. The molecule has 1 fully saturated rings. The number of piperidine rings is 1. The van der Waals surface area contributed by atoms with Gasteiger partial charge in [0.05, 0.1) is 0 Å². The van der Waals surface area contributed by atoms with Crippen LogP contribution >= 0.6 is 23.2 Å². The topological polar surface area (TPSA) is 29.3 Å². The number of halogens is 2. The average Bonchev–Trinajstić information content (AvgIpc) is 2.36. The summed E-state index contributed by atoms with van der Waals surface area (Å²) in [6.45, 7) is 4.94. The fourth-order valence-corrected chi connectivity index (χ4v) is 3.01. The zero-order chi connectivity index (χ0) is 13.1. The molecule has 0 amide bonds. The van der Waals surface area contributed by atoms with Gasteiger partial charge in [-0.3, -0.25) is 4.90 Å². The van der Waals surface area contributed by atoms with Crippen molar-refractivity contribution in [2.45, 2.75) is 32.4 Å². The molecule has 0 aromatic heterocycles. The van der Waals surface area contributed by atoms with Gasteiger partial charge in [-0.15, -0.1) is 0 Å². The second kappa shape index (κ2) is 6.25. The van der Waals surface area contributed by atoms with E-state index in [4.69, 9.17) is 28.9 Å². The first-order valence-corrected chi connectivity index (χ1v) is 7.23. The smallest absolute Gasteiger partial charge is 0.0452 e. The predicted octanol–water partition coefficient (Wildman–Crippen LogP) is 3.55. The third-order valence-corrected chi connectivity index (χ3v) is 4.36. The monoisotopic (exact) mass is 286 g/mol. The first kappa shape index (κ1) is 14.1. The van der Waals surface area contributed by atoms with Crippen LogP contribution in [0.15, 0.2) is 18.2 Å². The molecule has 0 saturated carbocycles. The van der Waals surface area contributed by atoms with E-state index >= 15 is 0 Å². The first-order valence-electron chi connectivity index (χ1n) is 6.48. The Kier molecular flexibility index (Phi) is 4.91. The molecular weight excluding hydrogens is 267 g/mol. The Morgan fingerprint density at radius 1 is 1.39 bits per heavy atom. The summed E-state index contributed by atoms with van der Waals surface area (Å²) in [6.07, 6.45) is 2.41. The van der Waals surface area contributed by atoms with Gasteiger partial charge in [0.15, 0.2) is 0 Å². The molecule has 2 nitrogen and oxygen atoms in total. The second-order valence-electron chi connectivity index (χ2n) is 5.23. The van der Waals surface area contributed by atoms with Crippen LogP contribution in [0.25, 0.3) is 0 Å². The summed E-state index contributed by atoms with van der Waals surface area (Å²) in [5.74, 6) is 0.768. The maximum absolute atomic E-state index is 6.22. The molecule has 0 spiro atoms. The molecule has 1 aromatic carbocycles. The normalized spacial score (nSPS) is 25.3. The van der Waals surface area contributed by atoms with Crippen molar-refractivity contribution in [1.82, 2.24) is 4.90 Å². The van der Waals surface area contributed by atoms with E-state index in [-0.39, 0.29) is 0 Å². The molecule has 0 radical (unpaired) electrons. The fourth-order valence-electron chi connectivity index (χ4n) is 2.64. The third-order valence-electron chi connectivity index (χ3n) is 3.75. The molecule has 1 aliphatic heterocycles. The van der Waals surface area contributed by atoms with Gasteiger partial charge in [0.2, 0.25) is 0 Å². The van der Waals surface area contributed by atoms with E-state index in [1.54, 1.807) is 0 Å². The van der Waals surface area contributed by atoms with E-state index in [0.29, 0.717) is 12.6 Å². The molecular formula is C14H20Cl2N2. The summed E-state index contributed by atoms with van der Waals surface area (Å²) >= 11 is 12.2. The number of likely N-dealkylation sites (tertiary alicyclic amines) is 1. The molecule has 1 saturated heterocycles. The summed E-state index contributed by atoms with van der Waals surface area (Å²) in [4.78, 5) is 2.43. The largest absolute Gasteiger partial charge is 0.329 e. The molecule has 18 heavy (non-hydrogen) atoms. The van der Waals surface area contributed by atoms with Gasteiger partial charge >= 0.3 is 0 Å². The zero-order valence-electron chi connectivity index (χ0n) is 10.7. The Hall–Kier alpha value is -0.280. The molecule has 100 valence electrons. The van der Waals surface area contributed by atoms with Crippen LogP contribution < -0.4 is 5.73 Å². The van der Waals surface area contributed by atoms with Crippen LogP contribution in [0.4, 0.5) is 0 Å². The van der Waals surface area contributed by atoms with Gasteiger partial charge in [-0.25, -0.2) is 0 Å². The van der Waals surface area contributed by atoms with E-state index in [9.17, 15) is 0 Å². The number of nitrogens with zero attached hydrogens (tertiary/aromatic N) is 1. The molecule has 1 heterocycles. The van der Waals surface area contributed by atoms with Crippen molar-refractivity contribution >= 4 is 23.2 Å². The summed E-state index contributed by atoms with van der Waals surface area (Å²) < 4.78 is 0. The maximum atomic E-state index is 6.22. The van der Waals surface area contributed by atoms with E-state index in [0.717, 1.165) is 34.6 Å². The minimum absolute atomic E-state index is 0.462. The highest BCUT2D eigenvalue weighted by Gasteiger charge is 2.25. The minimum atomic E-state index is 0.462. The van der Waals surface area contributed by atoms with Crippen molar-refractivity contribution in [2.75, 3.05) is 13.1 Å². The average molecular weight is 287 g/mol. The Bertz CT molecular complexity index is 409. The Balaban J connectivity index is 2.10. The van der Waals surface area contributed by atoms with Crippen LogP contribution in [-0.4, -0.2) is 24.0 Å². The van der Waals surface area contributed by atoms with Crippen molar-refractivity contribution in [2.24, 2.45) is 11.7 Å². The molecule has 4 heteroatoms. The Morgan fingerprint density at radius 2 is 2.17 bits per heavy atom. The molecule has 0 aliphatic carbocycles. The molecule has 2 N–H and O–H groups in total. The van der Waals surface area contributed by atoms with E-state index in [1.807, 2.05) is 18.2 Å². The maximum Gasteiger partial charge on any atom is 0.0452 e. The minimum Gasteiger partial charge on any atom is -0.329 e. The van der Waals surface area contributed by atoms with Gasteiger partial charge in [0, 0.05) is 29.2 Å². The Morgan fingerprint density at radius 3 is 2.89 bits per heavy atom. The number of hydrogen-bond donors (Lipinski definition) is 1.